The molecule has 1 fully saturated rings. The fourth-order valence-corrected chi connectivity index (χ4v) is 3.88. The molecule has 0 atom stereocenters. The first-order valence-corrected chi connectivity index (χ1v) is 10.7. The second-order valence-corrected chi connectivity index (χ2v) is 7.75. The van der Waals surface area contributed by atoms with Crippen LogP contribution in [0.3, 0.4) is 0 Å². The van der Waals surface area contributed by atoms with Crippen molar-refractivity contribution in [3.8, 4) is 16.9 Å². The van der Waals surface area contributed by atoms with Crippen LogP contribution >= 0.6 is 0 Å². The lowest BCUT2D eigenvalue weighted by Gasteiger charge is -2.15. The average molecular weight is 412 g/mol. The predicted molar refractivity (Wildman–Crippen MR) is 124 cm³/mol. The van der Waals surface area contributed by atoms with E-state index in [4.69, 9.17) is 4.74 Å². The fourth-order valence-electron chi connectivity index (χ4n) is 3.88. The van der Waals surface area contributed by atoms with E-state index in [0.29, 0.717) is 5.95 Å². The number of ether oxygens (including phenoxy) is 1. The first-order valence-electron chi connectivity index (χ1n) is 10.7. The standard InChI is InChI=1S/C25H25N5O/c1-2-14-30(13-1)15-16-31-23-6-4-22(5-7-23)28-25-27-18-21-17-20(3-8-24(21)29-25)19-9-11-26-12-10-19/h3-12,17-18H,1-2,13-16H2,(H,27,28,29). The number of pyridine rings is 1. The summed E-state index contributed by atoms with van der Waals surface area (Å²) in [5.41, 5.74) is 4.08. The lowest BCUT2D eigenvalue weighted by atomic mass is 10.1. The number of anilines is 2. The van der Waals surface area contributed by atoms with Gasteiger partial charge >= 0.3 is 0 Å². The van der Waals surface area contributed by atoms with Crippen LogP contribution in [0.25, 0.3) is 22.0 Å². The van der Waals surface area contributed by atoms with E-state index in [1.54, 1.807) is 12.4 Å². The van der Waals surface area contributed by atoms with Crippen LogP contribution < -0.4 is 10.1 Å². The summed E-state index contributed by atoms with van der Waals surface area (Å²) in [4.78, 5) is 15.7. The highest BCUT2D eigenvalue weighted by molar-refractivity contribution is 5.84. The molecule has 5 rings (SSSR count). The highest BCUT2D eigenvalue weighted by Gasteiger charge is 2.10. The van der Waals surface area contributed by atoms with E-state index in [-0.39, 0.29) is 0 Å². The van der Waals surface area contributed by atoms with Crippen molar-refractivity contribution in [3.63, 3.8) is 0 Å². The minimum absolute atomic E-state index is 0.576. The topological polar surface area (TPSA) is 63.2 Å². The molecule has 0 bridgehead atoms. The molecule has 31 heavy (non-hydrogen) atoms. The predicted octanol–water partition coefficient (Wildman–Crippen LogP) is 4.91. The van der Waals surface area contributed by atoms with Crippen LogP contribution in [-0.2, 0) is 0 Å². The normalized spacial score (nSPS) is 14.1. The van der Waals surface area contributed by atoms with Crippen LogP contribution in [0.4, 0.5) is 11.6 Å². The van der Waals surface area contributed by atoms with Crippen molar-refractivity contribution in [1.29, 1.82) is 0 Å². The second-order valence-electron chi connectivity index (χ2n) is 7.75. The van der Waals surface area contributed by atoms with Crippen molar-refractivity contribution in [1.82, 2.24) is 19.9 Å². The van der Waals surface area contributed by atoms with Gasteiger partial charge in [0.15, 0.2) is 0 Å². The highest BCUT2D eigenvalue weighted by atomic mass is 16.5. The quantitative estimate of drug-likeness (QED) is 0.466. The highest BCUT2D eigenvalue weighted by Crippen LogP contribution is 2.24. The Morgan fingerprint density at radius 1 is 0.903 bits per heavy atom. The van der Waals surface area contributed by atoms with Gasteiger partial charge in [0.25, 0.3) is 0 Å². The third-order valence-corrected chi connectivity index (χ3v) is 5.58. The first kappa shape index (κ1) is 19.5. The first-order chi connectivity index (χ1) is 15.3. The Balaban J connectivity index is 1.22. The molecule has 0 amide bonds. The van der Waals surface area contributed by atoms with Gasteiger partial charge in [-0.2, -0.15) is 0 Å². The molecule has 3 heterocycles. The minimum Gasteiger partial charge on any atom is -0.492 e. The molecule has 1 aliphatic heterocycles. The molecule has 6 heteroatoms. The summed E-state index contributed by atoms with van der Waals surface area (Å²) in [6.07, 6.45) is 8.07. The molecule has 0 radical (unpaired) electrons. The number of hydrogen-bond donors (Lipinski definition) is 1. The zero-order valence-corrected chi connectivity index (χ0v) is 17.4. The van der Waals surface area contributed by atoms with Crippen LogP contribution in [-0.4, -0.2) is 46.1 Å². The monoisotopic (exact) mass is 411 g/mol. The van der Waals surface area contributed by atoms with E-state index < -0.39 is 0 Å². The Labute approximate surface area is 181 Å². The Bertz CT molecular complexity index is 1140. The summed E-state index contributed by atoms with van der Waals surface area (Å²) in [6, 6.07) is 18.1. The van der Waals surface area contributed by atoms with Gasteiger partial charge in [0.05, 0.1) is 5.52 Å². The molecule has 0 saturated carbocycles. The fraction of sp³-hybridized carbons (Fsp3) is 0.240. The van der Waals surface area contributed by atoms with Gasteiger partial charge in [-0.25, -0.2) is 9.97 Å². The molecule has 2 aromatic heterocycles. The van der Waals surface area contributed by atoms with E-state index in [0.717, 1.165) is 46.6 Å². The maximum absolute atomic E-state index is 5.87. The Hall–Kier alpha value is -3.51. The van der Waals surface area contributed by atoms with Crippen LogP contribution in [0.15, 0.2) is 73.2 Å². The van der Waals surface area contributed by atoms with Gasteiger partial charge in [-0.1, -0.05) is 6.07 Å². The largest absolute Gasteiger partial charge is 0.492 e. The molecule has 4 aromatic rings. The van der Waals surface area contributed by atoms with E-state index in [2.05, 4.69) is 37.3 Å². The summed E-state index contributed by atoms with van der Waals surface area (Å²) in [5, 5.41) is 4.28. The number of hydrogen-bond acceptors (Lipinski definition) is 6. The molecule has 1 saturated heterocycles. The molecule has 1 aliphatic rings. The molecule has 0 aliphatic carbocycles. The number of fused-ring (bicyclic) bond motifs is 1. The van der Waals surface area contributed by atoms with Crippen molar-refractivity contribution in [2.45, 2.75) is 12.8 Å². The summed E-state index contributed by atoms with van der Waals surface area (Å²) >= 11 is 0. The van der Waals surface area contributed by atoms with E-state index in [9.17, 15) is 0 Å². The maximum Gasteiger partial charge on any atom is 0.227 e. The summed E-state index contributed by atoms with van der Waals surface area (Å²) in [6.45, 7) is 4.11. The molecule has 156 valence electrons. The van der Waals surface area contributed by atoms with Crippen molar-refractivity contribution >= 4 is 22.5 Å². The van der Waals surface area contributed by atoms with E-state index in [1.807, 2.05) is 48.7 Å². The lowest BCUT2D eigenvalue weighted by Crippen LogP contribution is -2.25. The minimum atomic E-state index is 0.576. The Kier molecular flexibility index (Phi) is 5.71. The van der Waals surface area contributed by atoms with E-state index >= 15 is 0 Å². The van der Waals surface area contributed by atoms with Gasteiger partial charge in [0, 0.05) is 36.2 Å². The zero-order valence-electron chi connectivity index (χ0n) is 17.4. The maximum atomic E-state index is 5.87. The van der Waals surface area contributed by atoms with Crippen LogP contribution in [0.2, 0.25) is 0 Å². The molecule has 6 nitrogen and oxygen atoms in total. The molecule has 1 N–H and O–H groups in total. The molecular formula is C25H25N5O. The number of rotatable bonds is 7. The molecular weight excluding hydrogens is 386 g/mol. The van der Waals surface area contributed by atoms with Crippen LogP contribution in [0, 0.1) is 0 Å². The number of nitrogens with zero attached hydrogens (tertiary/aromatic N) is 4. The van der Waals surface area contributed by atoms with Gasteiger partial charge in [-0.3, -0.25) is 9.88 Å². The molecule has 0 spiro atoms. The number of benzene rings is 2. The molecule has 2 aromatic carbocycles. The smallest absolute Gasteiger partial charge is 0.227 e. The van der Waals surface area contributed by atoms with Gasteiger partial charge in [0.1, 0.15) is 12.4 Å². The summed E-state index contributed by atoms with van der Waals surface area (Å²) in [7, 11) is 0. The number of likely N-dealkylation sites (tertiary alicyclic amines) is 1. The van der Waals surface area contributed by atoms with E-state index in [1.165, 1.54) is 25.9 Å². The van der Waals surface area contributed by atoms with Crippen LogP contribution in [0.1, 0.15) is 12.8 Å². The summed E-state index contributed by atoms with van der Waals surface area (Å²) < 4.78 is 5.87. The summed E-state index contributed by atoms with van der Waals surface area (Å²) in [5.74, 6) is 1.46. The third-order valence-electron chi connectivity index (χ3n) is 5.58. The Morgan fingerprint density at radius 2 is 1.71 bits per heavy atom. The molecule has 0 unspecified atom stereocenters. The van der Waals surface area contributed by atoms with Gasteiger partial charge in [-0.05, 0) is 85.6 Å². The number of aromatic nitrogens is 3. The lowest BCUT2D eigenvalue weighted by molar-refractivity contribution is 0.238. The SMILES string of the molecule is c1cc(-c2ccc3nc(Nc4ccc(OCCN5CCCC5)cc4)ncc3c2)ccn1. The average Bonchev–Trinajstić information content (AvgIpc) is 3.34. The van der Waals surface area contributed by atoms with Gasteiger partial charge in [0.2, 0.25) is 5.95 Å². The van der Waals surface area contributed by atoms with Crippen molar-refractivity contribution < 1.29 is 4.74 Å². The Morgan fingerprint density at radius 3 is 2.52 bits per heavy atom. The number of nitrogens with one attached hydrogen (secondary N) is 1. The van der Waals surface area contributed by atoms with Gasteiger partial charge < -0.3 is 10.1 Å². The second kappa shape index (κ2) is 9.10. The third kappa shape index (κ3) is 4.81. The van der Waals surface area contributed by atoms with Crippen molar-refractivity contribution in [2.24, 2.45) is 0 Å². The van der Waals surface area contributed by atoms with Gasteiger partial charge in [-0.15, -0.1) is 0 Å². The van der Waals surface area contributed by atoms with Crippen LogP contribution in [0.5, 0.6) is 5.75 Å². The zero-order chi connectivity index (χ0) is 20.9. The van der Waals surface area contributed by atoms with Crippen molar-refractivity contribution in [3.05, 3.63) is 73.2 Å². The van der Waals surface area contributed by atoms with Crippen molar-refractivity contribution in [2.75, 3.05) is 31.6 Å².